The Hall–Kier alpha value is -3.22. The first-order chi connectivity index (χ1) is 16.4. The zero-order valence-electron chi connectivity index (χ0n) is 19.5. The first-order valence-corrected chi connectivity index (χ1v) is 11.7. The number of halogens is 1. The smallest absolute Gasteiger partial charge is 0.307 e. The quantitative estimate of drug-likeness (QED) is 0.450. The largest absolute Gasteiger partial charge is 0.489 e. The molecule has 34 heavy (non-hydrogen) atoms. The molecule has 0 aliphatic carbocycles. The Kier molecular flexibility index (Phi) is 7.60. The lowest BCUT2D eigenvalue weighted by Gasteiger charge is -2.18. The van der Waals surface area contributed by atoms with Crippen molar-refractivity contribution in [3.8, 4) is 16.9 Å². The Labute approximate surface area is 200 Å². The van der Waals surface area contributed by atoms with Gasteiger partial charge in [0.2, 0.25) is 0 Å². The molecule has 4 rings (SSSR count). The van der Waals surface area contributed by atoms with Crippen molar-refractivity contribution >= 4 is 5.97 Å². The minimum Gasteiger partial charge on any atom is -0.489 e. The number of nitrogens with zero attached hydrogens (tertiary/aromatic N) is 1. The van der Waals surface area contributed by atoms with Gasteiger partial charge in [0.1, 0.15) is 18.2 Å². The van der Waals surface area contributed by atoms with E-state index in [1.165, 1.54) is 12.8 Å². The highest BCUT2D eigenvalue weighted by atomic mass is 19.1. The third-order valence-electron chi connectivity index (χ3n) is 6.20. The van der Waals surface area contributed by atoms with Crippen LogP contribution in [-0.2, 0) is 24.4 Å². The number of hydrogen-bond acceptors (Lipinski definition) is 4. The van der Waals surface area contributed by atoms with Crippen molar-refractivity contribution in [1.29, 1.82) is 0 Å². The van der Waals surface area contributed by atoms with Gasteiger partial charge in [-0.15, -0.1) is 0 Å². The number of rotatable bonds is 9. The number of hydrogen-bond donors (Lipinski definition) is 2. The molecule has 6 heteroatoms. The van der Waals surface area contributed by atoms with Crippen molar-refractivity contribution < 1.29 is 19.0 Å². The highest BCUT2D eigenvalue weighted by Crippen LogP contribution is 2.30. The van der Waals surface area contributed by atoms with Crippen molar-refractivity contribution in [3.05, 3.63) is 88.7 Å². The molecule has 0 spiro atoms. The zero-order chi connectivity index (χ0) is 24.1. The minimum absolute atomic E-state index is 0.105. The zero-order valence-corrected chi connectivity index (χ0v) is 19.5. The molecule has 0 bridgehead atoms. The molecular weight excluding hydrogens is 431 g/mol. The van der Waals surface area contributed by atoms with Crippen molar-refractivity contribution in [2.24, 2.45) is 5.73 Å². The van der Waals surface area contributed by atoms with Crippen LogP contribution in [0.4, 0.5) is 4.39 Å². The summed E-state index contributed by atoms with van der Waals surface area (Å²) in [4.78, 5) is 13.6. The SMILES string of the molecule is C[C@@H](N)c1cccc(-c2cc(COc3ccccc3CC(=O)O)cc(CN3CCCC3)c2)c1F. The molecule has 0 radical (unpaired) electrons. The Balaban J connectivity index is 1.66. The van der Waals surface area contributed by atoms with Crippen LogP contribution in [0.3, 0.4) is 0 Å². The van der Waals surface area contributed by atoms with Crippen LogP contribution in [0.5, 0.6) is 5.75 Å². The van der Waals surface area contributed by atoms with Gasteiger partial charge >= 0.3 is 5.97 Å². The first-order valence-electron chi connectivity index (χ1n) is 11.7. The Bertz CT molecular complexity index is 1160. The van der Waals surface area contributed by atoms with E-state index in [2.05, 4.69) is 11.0 Å². The van der Waals surface area contributed by atoms with E-state index in [4.69, 9.17) is 10.5 Å². The molecule has 3 N–H and O–H groups in total. The second kappa shape index (κ2) is 10.8. The molecule has 1 aliphatic heterocycles. The number of benzene rings is 3. The summed E-state index contributed by atoms with van der Waals surface area (Å²) < 4.78 is 21.4. The first kappa shape index (κ1) is 23.9. The van der Waals surface area contributed by atoms with Crippen LogP contribution >= 0.6 is 0 Å². The highest BCUT2D eigenvalue weighted by Gasteiger charge is 2.17. The molecule has 0 unspecified atom stereocenters. The van der Waals surface area contributed by atoms with E-state index in [9.17, 15) is 9.90 Å². The highest BCUT2D eigenvalue weighted by molar-refractivity contribution is 5.71. The van der Waals surface area contributed by atoms with E-state index in [0.29, 0.717) is 22.4 Å². The maximum absolute atomic E-state index is 15.3. The lowest BCUT2D eigenvalue weighted by molar-refractivity contribution is -0.136. The van der Waals surface area contributed by atoms with Gasteiger partial charge in [0.15, 0.2) is 0 Å². The Morgan fingerprint density at radius 2 is 1.82 bits per heavy atom. The predicted molar refractivity (Wildman–Crippen MR) is 131 cm³/mol. The van der Waals surface area contributed by atoms with E-state index >= 15 is 4.39 Å². The second-order valence-corrected chi connectivity index (χ2v) is 8.99. The lowest BCUT2D eigenvalue weighted by Crippen LogP contribution is -2.18. The Morgan fingerprint density at radius 3 is 2.56 bits per heavy atom. The Morgan fingerprint density at radius 1 is 1.09 bits per heavy atom. The van der Waals surface area contributed by atoms with Crippen LogP contribution in [0.25, 0.3) is 11.1 Å². The van der Waals surface area contributed by atoms with Gasteiger partial charge < -0.3 is 15.6 Å². The van der Waals surface area contributed by atoms with Gasteiger partial charge in [0.05, 0.1) is 6.42 Å². The molecule has 1 fully saturated rings. The van der Waals surface area contributed by atoms with Crippen molar-refractivity contribution in [2.75, 3.05) is 13.1 Å². The fraction of sp³-hybridized carbons (Fsp3) is 0.321. The molecule has 1 atom stereocenters. The summed E-state index contributed by atoms with van der Waals surface area (Å²) in [7, 11) is 0. The van der Waals surface area contributed by atoms with Gasteiger partial charge in [-0.1, -0.05) is 42.5 Å². The fourth-order valence-corrected chi connectivity index (χ4v) is 4.53. The lowest BCUT2D eigenvalue weighted by atomic mass is 9.96. The van der Waals surface area contributed by atoms with Gasteiger partial charge in [-0.2, -0.15) is 0 Å². The van der Waals surface area contributed by atoms with E-state index in [1.807, 2.05) is 24.3 Å². The van der Waals surface area contributed by atoms with Gasteiger partial charge in [0, 0.05) is 29.3 Å². The molecule has 178 valence electrons. The van der Waals surface area contributed by atoms with Crippen molar-refractivity contribution in [3.63, 3.8) is 0 Å². The number of carboxylic acids is 1. The monoisotopic (exact) mass is 462 g/mol. The summed E-state index contributed by atoms with van der Waals surface area (Å²) >= 11 is 0. The molecule has 1 saturated heterocycles. The molecule has 5 nitrogen and oxygen atoms in total. The van der Waals surface area contributed by atoms with Crippen LogP contribution in [0.2, 0.25) is 0 Å². The number of para-hydroxylation sites is 1. The third kappa shape index (κ3) is 5.82. The van der Waals surface area contributed by atoms with Crippen LogP contribution in [0.1, 0.15) is 48.1 Å². The summed E-state index contributed by atoms with van der Waals surface area (Å²) in [5.74, 6) is -0.661. The van der Waals surface area contributed by atoms with Crippen molar-refractivity contribution in [1.82, 2.24) is 4.90 Å². The minimum atomic E-state index is -0.907. The maximum atomic E-state index is 15.3. The molecule has 0 saturated carbocycles. The number of likely N-dealkylation sites (tertiary alicyclic amines) is 1. The summed E-state index contributed by atoms with van der Waals surface area (Å²) in [5.41, 5.74) is 10.4. The average molecular weight is 463 g/mol. The van der Waals surface area contributed by atoms with Crippen LogP contribution < -0.4 is 10.5 Å². The summed E-state index contributed by atoms with van der Waals surface area (Å²) in [6.07, 6.45) is 2.29. The maximum Gasteiger partial charge on any atom is 0.307 e. The van der Waals surface area contributed by atoms with Crippen LogP contribution in [0.15, 0.2) is 60.7 Å². The van der Waals surface area contributed by atoms with Gasteiger partial charge in [-0.25, -0.2) is 4.39 Å². The van der Waals surface area contributed by atoms with Crippen LogP contribution in [0, 0.1) is 5.82 Å². The average Bonchev–Trinajstić information content (AvgIpc) is 3.31. The van der Waals surface area contributed by atoms with E-state index < -0.39 is 12.0 Å². The molecule has 1 aliphatic rings. The normalized spacial score (nSPS) is 14.8. The number of ether oxygens (including phenoxy) is 1. The number of carboxylic acid groups (broad SMARTS) is 1. The number of nitrogens with two attached hydrogens (primary N) is 1. The topological polar surface area (TPSA) is 75.8 Å². The summed E-state index contributed by atoms with van der Waals surface area (Å²) in [6, 6.07) is 18.2. The molecule has 3 aromatic rings. The second-order valence-electron chi connectivity index (χ2n) is 8.99. The third-order valence-corrected chi connectivity index (χ3v) is 6.20. The summed E-state index contributed by atoms with van der Waals surface area (Å²) in [6.45, 7) is 4.96. The molecule has 0 amide bonds. The molecule has 0 aromatic heterocycles. The van der Waals surface area contributed by atoms with E-state index in [-0.39, 0.29) is 18.8 Å². The van der Waals surface area contributed by atoms with Crippen LogP contribution in [-0.4, -0.2) is 29.1 Å². The number of carbonyl (C=O) groups is 1. The van der Waals surface area contributed by atoms with E-state index in [1.54, 1.807) is 37.3 Å². The molecule has 3 aromatic carbocycles. The summed E-state index contributed by atoms with van der Waals surface area (Å²) in [5, 5.41) is 9.19. The van der Waals surface area contributed by atoms with Gasteiger partial charge in [-0.3, -0.25) is 9.69 Å². The van der Waals surface area contributed by atoms with Gasteiger partial charge in [-0.05, 0) is 67.7 Å². The predicted octanol–water partition coefficient (Wildman–Crippen LogP) is 5.31. The molecule has 1 heterocycles. The number of aliphatic carboxylic acids is 1. The van der Waals surface area contributed by atoms with E-state index in [0.717, 1.165) is 36.3 Å². The standard InChI is InChI=1S/C28H31FN2O3/c1-19(30)24-8-6-9-25(28(24)29)23-14-20(17-31-11-4-5-12-31)13-21(15-23)18-34-26-10-3-2-7-22(26)16-27(32)33/h2-3,6-10,13-15,19H,4-5,11-12,16-18,30H2,1H3,(H,32,33)/t19-/m1/s1. The van der Waals surface area contributed by atoms with Crippen molar-refractivity contribution in [2.45, 2.75) is 45.4 Å². The fourth-order valence-electron chi connectivity index (χ4n) is 4.53. The molecular formula is C28H31FN2O3. The van der Waals surface area contributed by atoms with Gasteiger partial charge in [0.25, 0.3) is 0 Å².